The summed E-state index contributed by atoms with van der Waals surface area (Å²) in [6.07, 6.45) is 10.6. The molecule has 0 spiro atoms. The van der Waals surface area contributed by atoms with Crippen molar-refractivity contribution >= 4 is 5.78 Å². The maximum absolute atomic E-state index is 11.8. The molecule has 3 aliphatic carbocycles. The van der Waals surface area contributed by atoms with E-state index in [1.54, 1.807) is 0 Å². The lowest BCUT2D eigenvalue weighted by Crippen LogP contribution is -2.36. The van der Waals surface area contributed by atoms with Gasteiger partial charge in [-0.2, -0.15) is 0 Å². The SMILES string of the molecule is C=CC(=O)CC1(CC)CC2CC1C1CCCC21. The highest BCUT2D eigenvalue weighted by Crippen LogP contribution is 2.67. The number of fused-ring (bicyclic) bond motifs is 5. The molecular weight excluding hydrogens is 208 g/mol. The van der Waals surface area contributed by atoms with Gasteiger partial charge in [-0.15, -0.1) is 0 Å². The van der Waals surface area contributed by atoms with Crippen molar-refractivity contribution in [2.45, 2.75) is 51.9 Å². The second-order valence-corrected chi connectivity index (χ2v) is 6.63. The predicted molar refractivity (Wildman–Crippen MR) is 69.6 cm³/mol. The quantitative estimate of drug-likeness (QED) is 0.670. The minimum atomic E-state index is 0.272. The molecule has 1 nitrogen and oxygen atoms in total. The molecule has 3 rings (SSSR count). The number of hydrogen-bond acceptors (Lipinski definition) is 1. The van der Waals surface area contributed by atoms with Gasteiger partial charge in [0.1, 0.15) is 0 Å². The van der Waals surface area contributed by atoms with E-state index in [2.05, 4.69) is 13.5 Å². The Labute approximate surface area is 105 Å². The monoisotopic (exact) mass is 232 g/mol. The zero-order valence-corrected chi connectivity index (χ0v) is 11.0. The van der Waals surface area contributed by atoms with Gasteiger partial charge in [-0.05, 0) is 67.3 Å². The molecule has 94 valence electrons. The number of ketones is 1. The molecule has 0 radical (unpaired) electrons. The molecule has 1 heteroatoms. The summed E-state index contributed by atoms with van der Waals surface area (Å²) < 4.78 is 0. The highest BCUT2D eigenvalue weighted by molar-refractivity contribution is 5.89. The van der Waals surface area contributed by atoms with Crippen LogP contribution in [0.15, 0.2) is 12.7 Å². The van der Waals surface area contributed by atoms with Crippen LogP contribution in [-0.4, -0.2) is 5.78 Å². The third-order valence-corrected chi connectivity index (χ3v) is 6.22. The average Bonchev–Trinajstić information content (AvgIpc) is 2.99. The first kappa shape index (κ1) is 11.5. The van der Waals surface area contributed by atoms with Crippen molar-refractivity contribution in [3.05, 3.63) is 12.7 Å². The molecular formula is C16H24O. The molecule has 0 aliphatic heterocycles. The lowest BCUT2D eigenvalue weighted by molar-refractivity contribution is -0.118. The molecule has 0 aromatic carbocycles. The van der Waals surface area contributed by atoms with Crippen molar-refractivity contribution in [1.29, 1.82) is 0 Å². The fraction of sp³-hybridized carbons (Fsp3) is 0.812. The number of allylic oxidation sites excluding steroid dienone is 1. The van der Waals surface area contributed by atoms with Crippen molar-refractivity contribution < 1.29 is 4.79 Å². The van der Waals surface area contributed by atoms with Gasteiger partial charge in [0.15, 0.2) is 5.78 Å². The summed E-state index contributed by atoms with van der Waals surface area (Å²) in [5.41, 5.74) is 0.349. The van der Waals surface area contributed by atoms with Gasteiger partial charge < -0.3 is 0 Å². The number of carbonyl (C=O) groups excluding carboxylic acids is 1. The van der Waals surface area contributed by atoms with E-state index in [4.69, 9.17) is 0 Å². The van der Waals surface area contributed by atoms with Crippen LogP contribution in [0.4, 0.5) is 0 Å². The lowest BCUT2D eigenvalue weighted by Gasteiger charge is -2.42. The smallest absolute Gasteiger partial charge is 0.155 e. The third-order valence-electron chi connectivity index (χ3n) is 6.22. The second-order valence-electron chi connectivity index (χ2n) is 6.63. The van der Waals surface area contributed by atoms with E-state index in [1.807, 2.05) is 0 Å². The summed E-state index contributed by atoms with van der Waals surface area (Å²) in [6, 6.07) is 0. The van der Waals surface area contributed by atoms with Gasteiger partial charge in [0.25, 0.3) is 0 Å². The molecule has 3 saturated carbocycles. The summed E-state index contributed by atoms with van der Waals surface area (Å²) >= 11 is 0. The summed E-state index contributed by atoms with van der Waals surface area (Å²) in [4.78, 5) is 11.8. The fourth-order valence-electron chi connectivity index (χ4n) is 5.54. The molecule has 5 atom stereocenters. The predicted octanol–water partition coefficient (Wildman–Crippen LogP) is 3.98. The van der Waals surface area contributed by atoms with Crippen molar-refractivity contribution in [3.63, 3.8) is 0 Å². The molecule has 0 N–H and O–H groups in total. The van der Waals surface area contributed by atoms with E-state index >= 15 is 0 Å². The molecule has 0 heterocycles. The fourth-order valence-corrected chi connectivity index (χ4v) is 5.54. The Morgan fingerprint density at radius 3 is 2.88 bits per heavy atom. The van der Waals surface area contributed by atoms with Gasteiger partial charge in [0, 0.05) is 6.42 Å². The van der Waals surface area contributed by atoms with Gasteiger partial charge in [-0.1, -0.05) is 19.9 Å². The van der Waals surface area contributed by atoms with Gasteiger partial charge in [0.2, 0.25) is 0 Å². The van der Waals surface area contributed by atoms with Crippen LogP contribution in [0.1, 0.15) is 51.9 Å². The second kappa shape index (κ2) is 3.96. The van der Waals surface area contributed by atoms with Crippen LogP contribution in [0.25, 0.3) is 0 Å². The average molecular weight is 232 g/mol. The zero-order chi connectivity index (χ0) is 12.0. The van der Waals surface area contributed by atoms with Crippen molar-refractivity contribution in [1.82, 2.24) is 0 Å². The van der Waals surface area contributed by atoms with Crippen LogP contribution in [0.5, 0.6) is 0 Å². The van der Waals surface area contributed by atoms with Crippen LogP contribution in [0, 0.1) is 29.1 Å². The lowest BCUT2D eigenvalue weighted by atomic mass is 9.62. The standard InChI is InChI=1S/C16H24O/c1-3-12(17)10-16(4-2)9-11-8-15(16)14-7-5-6-13(11)14/h3,11,13-15H,1,4-10H2,2H3. The summed E-state index contributed by atoms with van der Waals surface area (Å²) in [7, 11) is 0. The summed E-state index contributed by atoms with van der Waals surface area (Å²) in [5.74, 6) is 4.07. The molecule has 3 fully saturated rings. The highest BCUT2D eigenvalue weighted by Gasteiger charge is 2.59. The first-order valence-electron chi connectivity index (χ1n) is 7.35. The topological polar surface area (TPSA) is 17.1 Å². The Morgan fingerprint density at radius 2 is 2.18 bits per heavy atom. The van der Waals surface area contributed by atoms with E-state index in [9.17, 15) is 4.79 Å². The van der Waals surface area contributed by atoms with Crippen LogP contribution >= 0.6 is 0 Å². The number of carbonyl (C=O) groups is 1. The molecule has 2 bridgehead atoms. The largest absolute Gasteiger partial charge is 0.295 e. The number of hydrogen-bond donors (Lipinski definition) is 0. The van der Waals surface area contributed by atoms with E-state index in [1.165, 1.54) is 44.6 Å². The Balaban J connectivity index is 1.83. The molecule has 0 aromatic heterocycles. The molecule has 17 heavy (non-hydrogen) atoms. The minimum Gasteiger partial charge on any atom is -0.295 e. The first-order valence-corrected chi connectivity index (χ1v) is 7.35. The third kappa shape index (κ3) is 1.54. The molecule has 0 amide bonds. The summed E-state index contributed by atoms with van der Waals surface area (Å²) in [5, 5.41) is 0. The van der Waals surface area contributed by atoms with Crippen LogP contribution < -0.4 is 0 Å². The minimum absolute atomic E-state index is 0.272. The Hall–Kier alpha value is -0.590. The summed E-state index contributed by atoms with van der Waals surface area (Å²) in [6.45, 7) is 5.94. The molecule has 5 unspecified atom stereocenters. The first-order chi connectivity index (χ1) is 8.20. The maximum atomic E-state index is 11.8. The van der Waals surface area contributed by atoms with Crippen LogP contribution in [-0.2, 0) is 4.79 Å². The van der Waals surface area contributed by atoms with Gasteiger partial charge >= 0.3 is 0 Å². The van der Waals surface area contributed by atoms with E-state index in [0.717, 1.165) is 30.1 Å². The highest BCUT2D eigenvalue weighted by atomic mass is 16.1. The van der Waals surface area contributed by atoms with Crippen LogP contribution in [0.2, 0.25) is 0 Å². The van der Waals surface area contributed by atoms with Crippen molar-refractivity contribution in [2.24, 2.45) is 29.1 Å². The Bertz CT molecular complexity index is 345. The van der Waals surface area contributed by atoms with E-state index in [0.29, 0.717) is 5.41 Å². The molecule has 0 saturated heterocycles. The van der Waals surface area contributed by atoms with Gasteiger partial charge in [0.05, 0.1) is 0 Å². The van der Waals surface area contributed by atoms with Gasteiger partial charge in [-0.3, -0.25) is 4.79 Å². The van der Waals surface area contributed by atoms with E-state index < -0.39 is 0 Å². The molecule has 3 aliphatic rings. The number of rotatable bonds is 4. The van der Waals surface area contributed by atoms with Crippen LogP contribution in [0.3, 0.4) is 0 Å². The van der Waals surface area contributed by atoms with Crippen molar-refractivity contribution in [3.8, 4) is 0 Å². The van der Waals surface area contributed by atoms with Gasteiger partial charge in [-0.25, -0.2) is 0 Å². The Morgan fingerprint density at radius 1 is 1.41 bits per heavy atom. The zero-order valence-electron chi connectivity index (χ0n) is 11.0. The van der Waals surface area contributed by atoms with Crippen molar-refractivity contribution in [2.75, 3.05) is 0 Å². The molecule has 0 aromatic rings. The Kier molecular flexibility index (Phi) is 2.68. The normalized spacial score (nSPS) is 47.1. The maximum Gasteiger partial charge on any atom is 0.155 e. The van der Waals surface area contributed by atoms with E-state index in [-0.39, 0.29) is 5.78 Å².